The maximum absolute atomic E-state index is 5.54. The fourth-order valence-corrected chi connectivity index (χ4v) is 1.68. The van der Waals surface area contributed by atoms with Crippen LogP contribution < -0.4 is 10.2 Å². The topological polar surface area (TPSA) is 33.6 Å². The number of rotatable bonds is 5. The van der Waals surface area contributed by atoms with Gasteiger partial charge in [0.05, 0.1) is 18.5 Å². The summed E-state index contributed by atoms with van der Waals surface area (Å²) in [7, 11) is 0. The Hall–Kier alpha value is -2.29. The molecule has 0 heterocycles. The number of nitrogens with zero attached hydrogens (tertiary/aromatic N) is 1. The van der Waals surface area contributed by atoms with Crippen LogP contribution in [0.3, 0.4) is 0 Å². The zero-order valence-electron chi connectivity index (χ0n) is 11.3. The van der Waals surface area contributed by atoms with Crippen molar-refractivity contribution < 1.29 is 4.74 Å². The maximum Gasteiger partial charge on any atom is 0.128 e. The van der Waals surface area contributed by atoms with Crippen molar-refractivity contribution in [1.82, 2.24) is 0 Å². The van der Waals surface area contributed by atoms with E-state index in [1.165, 1.54) is 5.56 Å². The highest BCUT2D eigenvalue weighted by Gasteiger charge is 1.98. The van der Waals surface area contributed by atoms with Gasteiger partial charge >= 0.3 is 0 Å². The average molecular weight is 254 g/mol. The number of anilines is 1. The molecule has 0 aromatic heterocycles. The molecule has 0 fully saturated rings. The second-order valence-corrected chi connectivity index (χ2v) is 4.21. The predicted molar refractivity (Wildman–Crippen MR) is 80.0 cm³/mol. The lowest BCUT2D eigenvalue weighted by Gasteiger charge is -2.06. The van der Waals surface area contributed by atoms with Gasteiger partial charge in [-0.15, -0.1) is 0 Å². The highest BCUT2D eigenvalue weighted by molar-refractivity contribution is 5.83. The molecule has 0 aliphatic heterocycles. The fourth-order valence-electron chi connectivity index (χ4n) is 1.68. The number of para-hydroxylation sites is 1. The van der Waals surface area contributed by atoms with E-state index in [2.05, 4.69) is 17.5 Å². The van der Waals surface area contributed by atoms with Gasteiger partial charge in [-0.3, -0.25) is 5.43 Å². The lowest BCUT2D eigenvalue weighted by Crippen LogP contribution is -1.97. The standard InChI is InChI=1S/C16H18N2O/c1-3-19-16-7-5-4-6-14(16)12-17-18-15-10-8-13(2)9-11-15/h4-12,18H,3H2,1-2H3/b17-12+. The van der Waals surface area contributed by atoms with Crippen molar-refractivity contribution in [2.45, 2.75) is 13.8 Å². The number of hydrogen-bond acceptors (Lipinski definition) is 3. The van der Waals surface area contributed by atoms with Gasteiger partial charge in [-0.2, -0.15) is 5.10 Å². The lowest BCUT2D eigenvalue weighted by molar-refractivity contribution is 0.340. The van der Waals surface area contributed by atoms with Crippen LogP contribution in [0.25, 0.3) is 0 Å². The number of aryl methyl sites for hydroxylation is 1. The Labute approximate surface area is 113 Å². The molecule has 0 aliphatic carbocycles. The highest BCUT2D eigenvalue weighted by atomic mass is 16.5. The van der Waals surface area contributed by atoms with Crippen molar-refractivity contribution >= 4 is 11.9 Å². The molecular formula is C16H18N2O. The Bertz CT molecular complexity index is 547. The van der Waals surface area contributed by atoms with Crippen molar-refractivity contribution in [2.24, 2.45) is 5.10 Å². The molecule has 19 heavy (non-hydrogen) atoms. The quantitative estimate of drug-likeness (QED) is 0.649. The largest absolute Gasteiger partial charge is 0.493 e. The summed E-state index contributed by atoms with van der Waals surface area (Å²) in [6.45, 7) is 4.68. The number of ether oxygens (including phenoxy) is 1. The molecular weight excluding hydrogens is 236 g/mol. The molecule has 0 atom stereocenters. The molecule has 98 valence electrons. The molecule has 3 heteroatoms. The summed E-state index contributed by atoms with van der Waals surface area (Å²) >= 11 is 0. The van der Waals surface area contributed by atoms with Crippen LogP contribution in [-0.2, 0) is 0 Å². The Kier molecular flexibility index (Phi) is 4.56. The Balaban J connectivity index is 2.04. The first-order valence-electron chi connectivity index (χ1n) is 6.37. The Morgan fingerprint density at radius 1 is 1.11 bits per heavy atom. The fraction of sp³-hybridized carbons (Fsp3) is 0.188. The molecule has 2 aromatic rings. The summed E-state index contributed by atoms with van der Waals surface area (Å²) in [6, 6.07) is 15.9. The summed E-state index contributed by atoms with van der Waals surface area (Å²) in [6.07, 6.45) is 1.77. The van der Waals surface area contributed by atoms with Crippen LogP contribution in [0.2, 0.25) is 0 Å². The van der Waals surface area contributed by atoms with Crippen LogP contribution in [0.4, 0.5) is 5.69 Å². The SMILES string of the molecule is CCOc1ccccc1/C=N/Nc1ccc(C)cc1. The van der Waals surface area contributed by atoms with Crippen LogP contribution in [0, 0.1) is 6.92 Å². The smallest absolute Gasteiger partial charge is 0.128 e. The molecule has 1 N–H and O–H groups in total. The third-order valence-electron chi connectivity index (χ3n) is 2.67. The van der Waals surface area contributed by atoms with Gasteiger partial charge in [0.1, 0.15) is 5.75 Å². The molecule has 0 radical (unpaired) electrons. The van der Waals surface area contributed by atoms with Gasteiger partial charge in [0.2, 0.25) is 0 Å². The molecule has 0 saturated heterocycles. The van der Waals surface area contributed by atoms with Crippen molar-refractivity contribution in [3.05, 3.63) is 59.7 Å². The van der Waals surface area contributed by atoms with E-state index >= 15 is 0 Å². The molecule has 0 unspecified atom stereocenters. The van der Waals surface area contributed by atoms with E-state index in [9.17, 15) is 0 Å². The number of benzene rings is 2. The summed E-state index contributed by atoms with van der Waals surface area (Å²) < 4.78 is 5.54. The summed E-state index contributed by atoms with van der Waals surface area (Å²) in [5, 5.41) is 4.23. The van der Waals surface area contributed by atoms with Gasteiger partial charge in [-0.25, -0.2) is 0 Å². The van der Waals surface area contributed by atoms with Crippen molar-refractivity contribution in [3.8, 4) is 5.75 Å². The van der Waals surface area contributed by atoms with Crippen LogP contribution in [0.1, 0.15) is 18.1 Å². The van der Waals surface area contributed by atoms with Crippen molar-refractivity contribution in [1.29, 1.82) is 0 Å². The molecule has 2 aromatic carbocycles. The van der Waals surface area contributed by atoms with Crippen LogP contribution in [-0.4, -0.2) is 12.8 Å². The van der Waals surface area contributed by atoms with E-state index in [1.807, 2.05) is 55.5 Å². The number of hydrazone groups is 1. The minimum atomic E-state index is 0.649. The monoisotopic (exact) mass is 254 g/mol. The van der Waals surface area contributed by atoms with Gasteiger partial charge < -0.3 is 4.74 Å². The normalized spacial score (nSPS) is 10.6. The van der Waals surface area contributed by atoms with Crippen molar-refractivity contribution in [3.63, 3.8) is 0 Å². The van der Waals surface area contributed by atoms with Crippen molar-refractivity contribution in [2.75, 3.05) is 12.0 Å². The highest BCUT2D eigenvalue weighted by Crippen LogP contribution is 2.16. The maximum atomic E-state index is 5.54. The first-order valence-corrected chi connectivity index (χ1v) is 6.37. The zero-order chi connectivity index (χ0) is 13.5. The van der Waals surface area contributed by atoms with E-state index in [4.69, 9.17) is 4.74 Å². The molecule has 3 nitrogen and oxygen atoms in total. The zero-order valence-corrected chi connectivity index (χ0v) is 11.3. The Morgan fingerprint density at radius 2 is 1.84 bits per heavy atom. The molecule has 0 bridgehead atoms. The third-order valence-corrected chi connectivity index (χ3v) is 2.67. The summed E-state index contributed by atoms with van der Waals surface area (Å²) in [5.41, 5.74) is 6.17. The number of nitrogens with one attached hydrogen (secondary N) is 1. The van der Waals surface area contributed by atoms with Crippen LogP contribution >= 0.6 is 0 Å². The first kappa shape index (κ1) is 13.1. The second kappa shape index (κ2) is 6.59. The van der Waals surface area contributed by atoms with E-state index in [0.29, 0.717) is 6.61 Å². The minimum Gasteiger partial charge on any atom is -0.493 e. The lowest BCUT2D eigenvalue weighted by atomic mass is 10.2. The van der Waals surface area contributed by atoms with Crippen LogP contribution in [0.5, 0.6) is 5.75 Å². The summed E-state index contributed by atoms with van der Waals surface area (Å²) in [5.74, 6) is 0.847. The van der Waals surface area contributed by atoms with E-state index in [-0.39, 0.29) is 0 Å². The second-order valence-electron chi connectivity index (χ2n) is 4.21. The first-order chi connectivity index (χ1) is 9.29. The molecule has 0 spiro atoms. The summed E-state index contributed by atoms with van der Waals surface area (Å²) in [4.78, 5) is 0. The molecule has 0 saturated carbocycles. The molecule has 0 amide bonds. The van der Waals surface area contributed by atoms with E-state index < -0.39 is 0 Å². The predicted octanol–water partition coefficient (Wildman–Crippen LogP) is 3.84. The van der Waals surface area contributed by atoms with E-state index in [0.717, 1.165) is 17.0 Å². The molecule has 0 aliphatic rings. The Morgan fingerprint density at radius 3 is 2.58 bits per heavy atom. The minimum absolute atomic E-state index is 0.649. The van der Waals surface area contributed by atoms with Crippen LogP contribution in [0.15, 0.2) is 53.6 Å². The van der Waals surface area contributed by atoms with E-state index in [1.54, 1.807) is 6.21 Å². The third kappa shape index (κ3) is 3.85. The van der Waals surface area contributed by atoms with Gasteiger partial charge in [0.25, 0.3) is 0 Å². The average Bonchev–Trinajstić information content (AvgIpc) is 2.43. The van der Waals surface area contributed by atoms with Gasteiger partial charge in [0, 0.05) is 5.56 Å². The van der Waals surface area contributed by atoms with Gasteiger partial charge in [-0.05, 0) is 38.1 Å². The molecule has 2 rings (SSSR count). The number of hydrogen-bond donors (Lipinski definition) is 1. The van der Waals surface area contributed by atoms with Gasteiger partial charge in [0.15, 0.2) is 0 Å². The van der Waals surface area contributed by atoms with Gasteiger partial charge in [-0.1, -0.05) is 29.8 Å².